The highest BCUT2D eigenvalue weighted by molar-refractivity contribution is 4.91. The largest absolute Gasteiger partial charge is 0.328 e. The van der Waals surface area contributed by atoms with E-state index in [0.717, 1.165) is 12.0 Å². The molecule has 0 aromatic heterocycles. The van der Waals surface area contributed by atoms with Gasteiger partial charge in [-0.15, -0.1) is 0 Å². The maximum atomic E-state index is 6.15. The lowest BCUT2D eigenvalue weighted by atomic mass is 9.66. The molecule has 2 aliphatic rings. The van der Waals surface area contributed by atoms with Crippen LogP contribution < -0.4 is 11.1 Å². The summed E-state index contributed by atoms with van der Waals surface area (Å²) in [4.78, 5) is 0. The first-order valence-electron chi connectivity index (χ1n) is 6.56. The first-order valence-corrected chi connectivity index (χ1v) is 6.56. The van der Waals surface area contributed by atoms with Gasteiger partial charge in [0.2, 0.25) is 0 Å². The molecule has 0 bridgehead atoms. The minimum absolute atomic E-state index is 0.445. The Labute approximate surface area is 94.0 Å². The second kappa shape index (κ2) is 4.42. The molecule has 4 atom stereocenters. The third-order valence-corrected chi connectivity index (χ3v) is 4.20. The van der Waals surface area contributed by atoms with Crippen LogP contribution in [0.5, 0.6) is 0 Å². The first kappa shape index (κ1) is 11.4. The Kier molecular flexibility index (Phi) is 3.36. The van der Waals surface area contributed by atoms with Gasteiger partial charge in [0, 0.05) is 12.1 Å². The standard InChI is InChI=1S/C13H26N2/c1-10-6-11(14)8-13(2,7-10)9-12-4-3-5-15-12/h10-12,15H,3-9,14H2,1-2H3. The first-order chi connectivity index (χ1) is 7.07. The molecule has 15 heavy (non-hydrogen) atoms. The van der Waals surface area contributed by atoms with E-state index in [1.807, 2.05) is 0 Å². The van der Waals surface area contributed by atoms with Crippen molar-refractivity contribution in [2.24, 2.45) is 17.1 Å². The van der Waals surface area contributed by atoms with Crippen molar-refractivity contribution in [3.05, 3.63) is 0 Å². The topological polar surface area (TPSA) is 38.0 Å². The molecule has 1 heterocycles. The number of rotatable bonds is 2. The van der Waals surface area contributed by atoms with Crippen molar-refractivity contribution < 1.29 is 0 Å². The minimum Gasteiger partial charge on any atom is -0.328 e. The van der Waals surface area contributed by atoms with E-state index in [0.29, 0.717) is 11.5 Å². The molecular formula is C13H26N2. The Morgan fingerprint density at radius 1 is 1.40 bits per heavy atom. The van der Waals surface area contributed by atoms with Crippen LogP contribution in [0, 0.1) is 11.3 Å². The van der Waals surface area contributed by atoms with Crippen LogP contribution in [0.3, 0.4) is 0 Å². The lowest BCUT2D eigenvalue weighted by molar-refractivity contribution is 0.125. The van der Waals surface area contributed by atoms with E-state index in [1.54, 1.807) is 0 Å². The van der Waals surface area contributed by atoms with Crippen LogP contribution in [0.15, 0.2) is 0 Å². The summed E-state index contributed by atoms with van der Waals surface area (Å²) in [7, 11) is 0. The van der Waals surface area contributed by atoms with Gasteiger partial charge in [0.15, 0.2) is 0 Å². The summed E-state index contributed by atoms with van der Waals surface area (Å²) in [5, 5.41) is 3.62. The SMILES string of the molecule is CC1CC(N)CC(C)(CC2CCCN2)C1. The molecule has 0 amide bonds. The van der Waals surface area contributed by atoms with Crippen LogP contribution in [0.4, 0.5) is 0 Å². The summed E-state index contributed by atoms with van der Waals surface area (Å²) in [5.74, 6) is 0.820. The van der Waals surface area contributed by atoms with Crippen molar-refractivity contribution in [2.75, 3.05) is 6.54 Å². The van der Waals surface area contributed by atoms with Gasteiger partial charge in [-0.2, -0.15) is 0 Å². The molecule has 1 saturated heterocycles. The fourth-order valence-corrected chi connectivity index (χ4v) is 3.93. The summed E-state index contributed by atoms with van der Waals surface area (Å²) in [5.41, 5.74) is 6.65. The van der Waals surface area contributed by atoms with Crippen LogP contribution in [0.2, 0.25) is 0 Å². The minimum atomic E-state index is 0.445. The second-order valence-corrected chi connectivity index (χ2v) is 6.32. The molecule has 2 heteroatoms. The van der Waals surface area contributed by atoms with Gasteiger partial charge in [-0.3, -0.25) is 0 Å². The van der Waals surface area contributed by atoms with Gasteiger partial charge in [-0.05, 0) is 56.4 Å². The quantitative estimate of drug-likeness (QED) is 0.734. The van der Waals surface area contributed by atoms with Gasteiger partial charge < -0.3 is 11.1 Å². The van der Waals surface area contributed by atoms with Crippen LogP contribution in [-0.2, 0) is 0 Å². The van der Waals surface area contributed by atoms with E-state index in [2.05, 4.69) is 19.2 Å². The predicted molar refractivity (Wildman–Crippen MR) is 64.7 cm³/mol. The average molecular weight is 210 g/mol. The van der Waals surface area contributed by atoms with Crippen molar-refractivity contribution >= 4 is 0 Å². The molecule has 2 fully saturated rings. The molecule has 88 valence electrons. The van der Waals surface area contributed by atoms with Crippen LogP contribution in [0.1, 0.15) is 52.4 Å². The lowest BCUT2D eigenvalue weighted by Gasteiger charge is -2.41. The third kappa shape index (κ3) is 2.94. The predicted octanol–water partition coefficient (Wildman–Crippen LogP) is 2.28. The van der Waals surface area contributed by atoms with Crippen LogP contribution >= 0.6 is 0 Å². The molecule has 0 spiro atoms. The number of hydrogen-bond donors (Lipinski definition) is 2. The number of hydrogen-bond acceptors (Lipinski definition) is 2. The molecule has 1 saturated carbocycles. The van der Waals surface area contributed by atoms with Gasteiger partial charge in [-0.25, -0.2) is 0 Å². The summed E-state index contributed by atoms with van der Waals surface area (Å²) in [6, 6.07) is 1.22. The summed E-state index contributed by atoms with van der Waals surface area (Å²) in [6.45, 7) is 6.03. The normalized spacial score (nSPS) is 47.0. The Balaban J connectivity index is 1.92. The molecule has 3 N–H and O–H groups in total. The number of nitrogens with one attached hydrogen (secondary N) is 1. The summed E-state index contributed by atoms with van der Waals surface area (Å²) < 4.78 is 0. The zero-order valence-electron chi connectivity index (χ0n) is 10.3. The smallest absolute Gasteiger partial charge is 0.00727 e. The highest BCUT2D eigenvalue weighted by Crippen LogP contribution is 2.42. The van der Waals surface area contributed by atoms with Gasteiger partial charge in [0.05, 0.1) is 0 Å². The fourth-order valence-electron chi connectivity index (χ4n) is 3.93. The van der Waals surface area contributed by atoms with Gasteiger partial charge in [-0.1, -0.05) is 13.8 Å². The molecule has 2 nitrogen and oxygen atoms in total. The molecule has 4 unspecified atom stereocenters. The van der Waals surface area contributed by atoms with E-state index < -0.39 is 0 Å². The summed E-state index contributed by atoms with van der Waals surface area (Å²) >= 11 is 0. The van der Waals surface area contributed by atoms with Crippen LogP contribution in [0.25, 0.3) is 0 Å². The van der Waals surface area contributed by atoms with E-state index in [9.17, 15) is 0 Å². The Morgan fingerprint density at radius 3 is 2.80 bits per heavy atom. The molecule has 1 aliphatic heterocycles. The van der Waals surface area contributed by atoms with E-state index >= 15 is 0 Å². The van der Waals surface area contributed by atoms with Crippen molar-refractivity contribution in [2.45, 2.75) is 64.5 Å². The van der Waals surface area contributed by atoms with Crippen molar-refractivity contribution in [3.63, 3.8) is 0 Å². The van der Waals surface area contributed by atoms with E-state index in [4.69, 9.17) is 5.73 Å². The fraction of sp³-hybridized carbons (Fsp3) is 1.00. The molecule has 0 aromatic carbocycles. The Hall–Kier alpha value is -0.0800. The average Bonchev–Trinajstić information content (AvgIpc) is 2.52. The maximum Gasteiger partial charge on any atom is 0.00727 e. The third-order valence-electron chi connectivity index (χ3n) is 4.20. The highest BCUT2D eigenvalue weighted by atomic mass is 14.9. The maximum absolute atomic E-state index is 6.15. The molecule has 1 aliphatic carbocycles. The number of nitrogens with two attached hydrogens (primary N) is 1. The van der Waals surface area contributed by atoms with Gasteiger partial charge in [0.25, 0.3) is 0 Å². The molecule has 0 aromatic rings. The van der Waals surface area contributed by atoms with E-state index in [-0.39, 0.29) is 0 Å². The van der Waals surface area contributed by atoms with Crippen molar-refractivity contribution in [1.82, 2.24) is 5.32 Å². The zero-order valence-corrected chi connectivity index (χ0v) is 10.3. The molecule has 0 radical (unpaired) electrons. The second-order valence-electron chi connectivity index (χ2n) is 6.32. The molecule has 2 rings (SSSR count). The van der Waals surface area contributed by atoms with Crippen molar-refractivity contribution in [1.29, 1.82) is 0 Å². The molecular weight excluding hydrogens is 184 g/mol. The van der Waals surface area contributed by atoms with E-state index in [1.165, 1.54) is 45.1 Å². The van der Waals surface area contributed by atoms with Gasteiger partial charge >= 0.3 is 0 Å². The monoisotopic (exact) mass is 210 g/mol. The van der Waals surface area contributed by atoms with Gasteiger partial charge in [0.1, 0.15) is 0 Å². The zero-order chi connectivity index (χ0) is 10.9. The van der Waals surface area contributed by atoms with Crippen molar-refractivity contribution in [3.8, 4) is 0 Å². The lowest BCUT2D eigenvalue weighted by Crippen LogP contribution is -2.41. The Bertz CT molecular complexity index is 199. The Morgan fingerprint density at radius 2 is 2.20 bits per heavy atom. The van der Waals surface area contributed by atoms with Crippen LogP contribution in [-0.4, -0.2) is 18.6 Å². The highest BCUT2D eigenvalue weighted by Gasteiger charge is 2.36. The summed E-state index contributed by atoms with van der Waals surface area (Å²) in [6.07, 6.45) is 7.91.